The highest BCUT2D eigenvalue weighted by molar-refractivity contribution is 5.96. The molecule has 114 valence electrons. The lowest BCUT2D eigenvalue weighted by Gasteiger charge is -2.10. The maximum Gasteiger partial charge on any atom is 0.338 e. The molecular weight excluding hydrogens is 280 g/mol. The van der Waals surface area contributed by atoms with Gasteiger partial charge in [0.2, 0.25) is 0 Å². The molecule has 0 aliphatic carbocycles. The van der Waals surface area contributed by atoms with E-state index in [1.165, 1.54) is 6.07 Å². The van der Waals surface area contributed by atoms with Crippen molar-refractivity contribution in [2.45, 2.75) is 13.8 Å². The molecule has 0 bridgehead atoms. The van der Waals surface area contributed by atoms with E-state index in [9.17, 15) is 9.59 Å². The van der Waals surface area contributed by atoms with Gasteiger partial charge in [0.25, 0.3) is 5.91 Å². The summed E-state index contributed by atoms with van der Waals surface area (Å²) in [4.78, 5) is 23.7. The second-order valence-electron chi connectivity index (χ2n) is 5.07. The number of hydrogen-bond acceptors (Lipinski definition) is 4. The number of rotatable bonds is 4. The fraction of sp³-hybridized carbons (Fsp3) is 0.176. The average Bonchev–Trinajstić information content (AvgIpc) is 2.48. The molecule has 0 aliphatic rings. The molecule has 2 aromatic carbocycles. The van der Waals surface area contributed by atoms with Crippen LogP contribution >= 0.6 is 0 Å². The summed E-state index contributed by atoms with van der Waals surface area (Å²) >= 11 is 0. The zero-order valence-electron chi connectivity index (χ0n) is 12.6. The topological polar surface area (TPSA) is 81.4 Å². The summed E-state index contributed by atoms with van der Waals surface area (Å²) < 4.78 is 4.98. The molecule has 0 radical (unpaired) electrons. The molecule has 0 saturated carbocycles. The molecule has 5 heteroatoms. The SMILES string of the molecule is Cc1ccc(C)c(NC(=O)COC(=O)c2cccc(N)c2)c1. The van der Waals surface area contributed by atoms with Crippen LogP contribution < -0.4 is 11.1 Å². The molecule has 0 heterocycles. The zero-order chi connectivity index (χ0) is 16.1. The molecule has 2 rings (SSSR count). The van der Waals surface area contributed by atoms with E-state index >= 15 is 0 Å². The molecule has 0 spiro atoms. The Morgan fingerprint density at radius 3 is 2.64 bits per heavy atom. The first kappa shape index (κ1) is 15.6. The molecule has 0 atom stereocenters. The number of esters is 1. The standard InChI is InChI=1S/C17H18N2O3/c1-11-6-7-12(2)15(8-11)19-16(20)10-22-17(21)13-4-3-5-14(18)9-13/h3-9H,10,18H2,1-2H3,(H,19,20). The predicted octanol–water partition coefficient (Wildman–Crippen LogP) is 2.68. The highest BCUT2D eigenvalue weighted by Gasteiger charge is 2.11. The van der Waals surface area contributed by atoms with Crippen LogP contribution in [0.25, 0.3) is 0 Å². The number of nitrogens with one attached hydrogen (secondary N) is 1. The molecule has 5 nitrogen and oxygen atoms in total. The highest BCUT2D eigenvalue weighted by atomic mass is 16.5. The summed E-state index contributed by atoms with van der Waals surface area (Å²) in [5.41, 5.74) is 9.08. The minimum Gasteiger partial charge on any atom is -0.452 e. The Labute approximate surface area is 129 Å². The summed E-state index contributed by atoms with van der Waals surface area (Å²) in [6.45, 7) is 3.49. The van der Waals surface area contributed by atoms with Gasteiger partial charge in [-0.05, 0) is 49.2 Å². The largest absolute Gasteiger partial charge is 0.452 e. The number of nitrogen functional groups attached to an aromatic ring is 1. The first-order valence-corrected chi connectivity index (χ1v) is 6.85. The first-order valence-electron chi connectivity index (χ1n) is 6.85. The van der Waals surface area contributed by atoms with Gasteiger partial charge in [-0.3, -0.25) is 4.79 Å². The van der Waals surface area contributed by atoms with Crippen LogP contribution in [0.5, 0.6) is 0 Å². The van der Waals surface area contributed by atoms with Crippen LogP contribution in [0.15, 0.2) is 42.5 Å². The number of anilines is 2. The fourth-order valence-corrected chi connectivity index (χ4v) is 1.94. The zero-order valence-corrected chi connectivity index (χ0v) is 12.6. The van der Waals surface area contributed by atoms with Crippen molar-refractivity contribution >= 4 is 23.3 Å². The van der Waals surface area contributed by atoms with E-state index in [1.54, 1.807) is 18.2 Å². The van der Waals surface area contributed by atoms with Crippen molar-refractivity contribution in [2.24, 2.45) is 0 Å². The maximum absolute atomic E-state index is 11.9. The van der Waals surface area contributed by atoms with Gasteiger partial charge in [-0.2, -0.15) is 0 Å². The van der Waals surface area contributed by atoms with Crippen LogP contribution in [-0.2, 0) is 9.53 Å². The lowest BCUT2D eigenvalue weighted by Crippen LogP contribution is -2.21. The van der Waals surface area contributed by atoms with E-state index in [4.69, 9.17) is 10.5 Å². The normalized spacial score (nSPS) is 10.1. The van der Waals surface area contributed by atoms with E-state index in [0.717, 1.165) is 11.1 Å². The Morgan fingerprint density at radius 1 is 1.14 bits per heavy atom. The second kappa shape index (κ2) is 6.76. The Kier molecular flexibility index (Phi) is 4.78. The van der Waals surface area contributed by atoms with E-state index in [1.807, 2.05) is 32.0 Å². The third kappa shape index (κ3) is 4.09. The van der Waals surface area contributed by atoms with Crippen LogP contribution in [0.3, 0.4) is 0 Å². The second-order valence-corrected chi connectivity index (χ2v) is 5.07. The third-order valence-corrected chi connectivity index (χ3v) is 3.12. The Bertz CT molecular complexity index is 711. The van der Waals surface area contributed by atoms with Gasteiger partial charge in [0.15, 0.2) is 6.61 Å². The molecule has 1 amide bonds. The summed E-state index contributed by atoms with van der Waals surface area (Å²) in [5, 5.41) is 2.73. The molecule has 0 aliphatic heterocycles. The number of aryl methyl sites for hydroxylation is 2. The molecule has 2 aromatic rings. The molecular formula is C17H18N2O3. The van der Waals surface area contributed by atoms with Gasteiger partial charge in [-0.1, -0.05) is 18.2 Å². The monoisotopic (exact) mass is 298 g/mol. The van der Waals surface area contributed by atoms with E-state index in [-0.39, 0.29) is 12.5 Å². The number of nitrogens with two attached hydrogens (primary N) is 1. The summed E-state index contributed by atoms with van der Waals surface area (Å²) in [5.74, 6) is -0.964. The van der Waals surface area contributed by atoms with Crippen molar-refractivity contribution in [2.75, 3.05) is 17.7 Å². The molecule has 0 aromatic heterocycles. The first-order chi connectivity index (χ1) is 10.5. The maximum atomic E-state index is 11.9. The van der Waals surface area contributed by atoms with E-state index in [2.05, 4.69) is 5.32 Å². The van der Waals surface area contributed by atoms with Crippen molar-refractivity contribution in [1.82, 2.24) is 0 Å². The van der Waals surface area contributed by atoms with Gasteiger partial charge < -0.3 is 15.8 Å². The lowest BCUT2D eigenvalue weighted by molar-refractivity contribution is -0.119. The Hall–Kier alpha value is -2.82. The number of hydrogen-bond donors (Lipinski definition) is 2. The summed E-state index contributed by atoms with van der Waals surface area (Å²) in [6.07, 6.45) is 0. The summed E-state index contributed by atoms with van der Waals surface area (Å²) in [7, 11) is 0. The average molecular weight is 298 g/mol. The van der Waals surface area contributed by atoms with Gasteiger partial charge in [0, 0.05) is 11.4 Å². The van der Waals surface area contributed by atoms with E-state index in [0.29, 0.717) is 16.9 Å². The fourth-order valence-electron chi connectivity index (χ4n) is 1.94. The van der Waals surface area contributed by atoms with Crippen molar-refractivity contribution in [3.05, 3.63) is 59.2 Å². The van der Waals surface area contributed by atoms with Gasteiger partial charge in [0.1, 0.15) is 0 Å². The molecule has 22 heavy (non-hydrogen) atoms. The minimum absolute atomic E-state index is 0.319. The quantitative estimate of drug-likeness (QED) is 0.671. The Balaban J connectivity index is 1.93. The van der Waals surface area contributed by atoms with Crippen LogP contribution in [0.4, 0.5) is 11.4 Å². The smallest absolute Gasteiger partial charge is 0.338 e. The Morgan fingerprint density at radius 2 is 1.91 bits per heavy atom. The van der Waals surface area contributed by atoms with Crippen molar-refractivity contribution in [3.8, 4) is 0 Å². The van der Waals surface area contributed by atoms with Crippen LogP contribution in [0.2, 0.25) is 0 Å². The van der Waals surface area contributed by atoms with Gasteiger partial charge in [-0.15, -0.1) is 0 Å². The van der Waals surface area contributed by atoms with Crippen molar-refractivity contribution < 1.29 is 14.3 Å². The van der Waals surface area contributed by atoms with Crippen LogP contribution in [0, 0.1) is 13.8 Å². The lowest BCUT2D eigenvalue weighted by atomic mass is 10.1. The predicted molar refractivity (Wildman–Crippen MR) is 85.7 cm³/mol. The highest BCUT2D eigenvalue weighted by Crippen LogP contribution is 2.16. The molecule has 0 fully saturated rings. The van der Waals surface area contributed by atoms with Gasteiger partial charge in [-0.25, -0.2) is 4.79 Å². The van der Waals surface area contributed by atoms with Crippen molar-refractivity contribution in [3.63, 3.8) is 0 Å². The van der Waals surface area contributed by atoms with Gasteiger partial charge >= 0.3 is 5.97 Å². The molecule has 0 unspecified atom stereocenters. The van der Waals surface area contributed by atoms with Gasteiger partial charge in [0.05, 0.1) is 5.56 Å². The minimum atomic E-state index is -0.580. The number of amides is 1. The van der Waals surface area contributed by atoms with Crippen LogP contribution in [-0.4, -0.2) is 18.5 Å². The number of benzene rings is 2. The van der Waals surface area contributed by atoms with Crippen molar-refractivity contribution in [1.29, 1.82) is 0 Å². The number of carbonyl (C=O) groups excluding carboxylic acids is 2. The molecule has 3 N–H and O–H groups in total. The third-order valence-electron chi connectivity index (χ3n) is 3.12. The number of ether oxygens (including phenoxy) is 1. The van der Waals surface area contributed by atoms with E-state index < -0.39 is 5.97 Å². The molecule has 0 saturated heterocycles. The summed E-state index contributed by atoms with van der Waals surface area (Å²) in [6, 6.07) is 12.2. The van der Waals surface area contributed by atoms with Crippen LogP contribution in [0.1, 0.15) is 21.5 Å². The number of carbonyl (C=O) groups is 2.